The fourth-order valence-corrected chi connectivity index (χ4v) is 2.53. The van der Waals surface area contributed by atoms with Crippen LogP contribution in [0, 0.1) is 0 Å². The van der Waals surface area contributed by atoms with Gasteiger partial charge in [-0.1, -0.05) is 47.5 Å². The van der Waals surface area contributed by atoms with Crippen LogP contribution < -0.4 is 10.6 Å². The monoisotopic (exact) mass is 416 g/mol. The number of rotatable bonds is 9. The first-order valence-electron chi connectivity index (χ1n) is 8.96. The van der Waals surface area contributed by atoms with Crippen molar-refractivity contribution in [3.63, 3.8) is 0 Å². The number of nitrogens with one attached hydrogen (secondary N) is 2. The molecule has 0 aliphatic rings. The van der Waals surface area contributed by atoms with Crippen molar-refractivity contribution in [3.05, 3.63) is 81.9 Å². The van der Waals surface area contributed by atoms with E-state index in [2.05, 4.69) is 10.6 Å². The van der Waals surface area contributed by atoms with E-state index in [-0.39, 0.29) is 11.8 Å². The molecule has 0 bridgehead atoms. The molecule has 0 unspecified atom stereocenters. The average Bonchev–Trinajstić information content (AvgIpc) is 2.69. The molecule has 2 rings (SSSR count). The maximum Gasteiger partial charge on any atom is 0.243 e. The zero-order valence-electron chi connectivity index (χ0n) is 15.3. The first-order valence-corrected chi connectivity index (χ1v) is 9.71. The Morgan fingerprint density at radius 3 is 1.39 bits per heavy atom. The summed E-state index contributed by atoms with van der Waals surface area (Å²) in [6, 6.07) is 14.5. The Morgan fingerprint density at radius 2 is 1.04 bits per heavy atom. The number of unbranched alkanes of at least 4 members (excludes halogenated alkanes) is 1. The number of halogens is 2. The molecule has 2 aromatic rings. The lowest BCUT2D eigenvalue weighted by molar-refractivity contribution is -0.117. The van der Waals surface area contributed by atoms with Gasteiger partial charge in [0.1, 0.15) is 0 Å². The lowest BCUT2D eigenvalue weighted by atomic mass is 10.2. The van der Waals surface area contributed by atoms with Crippen molar-refractivity contribution < 1.29 is 9.59 Å². The summed E-state index contributed by atoms with van der Waals surface area (Å²) in [4.78, 5) is 23.5. The SMILES string of the molecule is O=C(/C=C\c1ccc(Cl)cc1)NCCCCNC(=O)/C=C/c1ccc(Cl)cc1. The first-order chi connectivity index (χ1) is 13.5. The quantitative estimate of drug-likeness (QED) is 0.458. The molecule has 0 saturated carbocycles. The van der Waals surface area contributed by atoms with Crippen LogP contribution >= 0.6 is 23.2 Å². The van der Waals surface area contributed by atoms with Gasteiger partial charge in [0.25, 0.3) is 0 Å². The molecule has 0 fully saturated rings. The molecule has 0 aliphatic heterocycles. The number of benzene rings is 2. The third-order valence-electron chi connectivity index (χ3n) is 3.80. The molecule has 6 heteroatoms. The summed E-state index contributed by atoms with van der Waals surface area (Å²) in [5.74, 6) is -0.297. The van der Waals surface area contributed by atoms with Crippen LogP contribution in [0.1, 0.15) is 24.0 Å². The summed E-state index contributed by atoms with van der Waals surface area (Å²) >= 11 is 11.6. The molecule has 0 saturated heterocycles. The Bertz CT molecular complexity index is 757. The molecule has 2 amide bonds. The summed E-state index contributed by atoms with van der Waals surface area (Å²) in [7, 11) is 0. The topological polar surface area (TPSA) is 58.2 Å². The average molecular weight is 417 g/mol. The van der Waals surface area contributed by atoms with Gasteiger partial charge in [-0.05, 0) is 60.4 Å². The number of hydrogen-bond acceptors (Lipinski definition) is 2. The summed E-state index contributed by atoms with van der Waals surface area (Å²) < 4.78 is 0. The van der Waals surface area contributed by atoms with Gasteiger partial charge in [0.2, 0.25) is 11.8 Å². The minimum atomic E-state index is -0.148. The minimum absolute atomic E-state index is 0.148. The molecule has 0 radical (unpaired) electrons. The molecule has 146 valence electrons. The summed E-state index contributed by atoms with van der Waals surface area (Å²) in [5.41, 5.74) is 1.82. The van der Waals surface area contributed by atoms with Crippen molar-refractivity contribution in [3.8, 4) is 0 Å². The zero-order chi connectivity index (χ0) is 20.2. The van der Waals surface area contributed by atoms with Crippen molar-refractivity contribution in [2.24, 2.45) is 0 Å². The van der Waals surface area contributed by atoms with Gasteiger partial charge in [0.15, 0.2) is 0 Å². The van der Waals surface area contributed by atoms with Crippen LogP contribution in [0.3, 0.4) is 0 Å². The number of hydrogen-bond donors (Lipinski definition) is 2. The molecule has 28 heavy (non-hydrogen) atoms. The lowest BCUT2D eigenvalue weighted by Crippen LogP contribution is -2.25. The van der Waals surface area contributed by atoms with Crippen molar-refractivity contribution >= 4 is 47.2 Å². The molecule has 0 spiro atoms. The highest BCUT2D eigenvalue weighted by Crippen LogP contribution is 2.11. The van der Waals surface area contributed by atoms with E-state index in [1.54, 1.807) is 36.4 Å². The number of amides is 2. The highest BCUT2D eigenvalue weighted by Gasteiger charge is 1.98. The van der Waals surface area contributed by atoms with E-state index in [1.165, 1.54) is 12.2 Å². The molecule has 2 N–H and O–H groups in total. The maximum atomic E-state index is 11.8. The van der Waals surface area contributed by atoms with Gasteiger partial charge < -0.3 is 10.6 Å². The van der Waals surface area contributed by atoms with Crippen molar-refractivity contribution in [1.29, 1.82) is 0 Å². The van der Waals surface area contributed by atoms with E-state index in [9.17, 15) is 9.59 Å². The van der Waals surface area contributed by atoms with E-state index in [0.717, 1.165) is 24.0 Å². The Kier molecular flexibility index (Phi) is 9.32. The van der Waals surface area contributed by atoms with Gasteiger partial charge in [-0.2, -0.15) is 0 Å². The van der Waals surface area contributed by atoms with Crippen LogP contribution in [-0.4, -0.2) is 24.9 Å². The van der Waals surface area contributed by atoms with Crippen LogP contribution in [0.25, 0.3) is 12.2 Å². The van der Waals surface area contributed by atoms with Crippen molar-refractivity contribution in [2.75, 3.05) is 13.1 Å². The van der Waals surface area contributed by atoms with E-state index in [0.29, 0.717) is 23.1 Å². The highest BCUT2D eigenvalue weighted by atomic mass is 35.5. The van der Waals surface area contributed by atoms with Crippen LogP contribution in [0.5, 0.6) is 0 Å². The minimum Gasteiger partial charge on any atom is -0.353 e. The van der Waals surface area contributed by atoms with Crippen LogP contribution in [0.15, 0.2) is 60.7 Å². The van der Waals surface area contributed by atoms with Crippen molar-refractivity contribution in [1.82, 2.24) is 10.6 Å². The number of carbonyl (C=O) groups excluding carboxylic acids is 2. The maximum absolute atomic E-state index is 11.8. The van der Waals surface area contributed by atoms with Gasteiger partial charge in [-0.15, -0.1) is 0 Å². The third-order valence-corrected chi connectivity index (χ3v) is 4.30. The first kappa shape index (κ1) is 21.7. The van der Waals surface area contributed by atoms with Crippen LogP contribution in [-0.2, 0) is 9.59 Å². The van der Waals surface area contributed by atoms with Gasteiger partial charge >= 0.3 is 0 Å². The summed E-state index contributed by atoms with van der Waals surface area (Å²) in [6.07, 6.45) is 8.01. The molecular weight excluding hydrogens is 395 g/mol. The normalized spacial score (nSPS) is 11.1. The van der Waals surface area contributed by atoms with Gasteiger partial charge in [0.05, 0.1) is 0 Å². The molecule has 2 aromatic carbocycles. The van der Waals surface area contributed by atoms with E-state index < -0.39 is 0 Å². The van der Waals surface area contributed by atoms with Crippen LogP contribution in [0.2, 0.25) is 10.0 Å². The largest absolute Gasteiger partial charge is 0.353 e. The molecule has 0 aromatic heterocycles. The second kappa shape index (κ2) is 12.0. The van der Waals surface area contributed by atoms with E-state index in [4.69, 9.17) is 23.2 Å². The highest BCUT2D eigenvalue weighted by molar-refractivity contribution is 6.30. The Hall–Kier alpha value is -2.56. The molecule has 4 nitrogen and oxygen atoms in total. The summed E-state index contributed by atoms with van der Waals surface area (Å²) in [5, 5.41) is 6.95. The Balaban J connectivity index is 1.56. The fraction of sp³-hybridized carbons (Fsp3) is 0.182. The predicted octanol–water partition coefficient (Wildman–Crippen LogP) is 4.73. The third kappa shape index (κ3) is 8.89. The van der Waals surface area contributed by atoms with Gasteiger partial charge in [-0.25, -0.2) is 0 Å². The molecule has 0 heterocycles. The standard InChI is InChI=1S/C22H22Cl2N2O2/c23-19-9-3-17(4-10-19)7-13-21(27)25-15-1-2-16-26-22(28)14-8-18-5-11-20(24)12-6-18/h3-14H,1-2,15-16H2,(H,25,27)(H,26,28)/b13-7-,14-8+. The second-order valence-corrected chi connectivity index (χ2v) is 6.93. The zero-order valence-corrected chi connectivity index (χ0v) is 16.8. The lowest BCUT2D eigenvalue weighted by Gasteiger charge is -2.04. The Morgan fingerprint density at radius 1 is 0.679 bits per heavy atom. The van der Waals surface area contributed by atoms with Crippen LogP contribution in [0.4, 0.5) is 0 Å². The molecular formula is C22H22Cl2N2O2. The van der Waals surface area contributed by atoms with Gasteiger partial charge in [0, 0.05) is 35.3 Å². The van der Waals surface area contributed by atoms with E-state index >= 15 is 0 Å². The summed E-state index contributed by atoms with van der Waals surface area (Å²) in [6.45, 7) is 1.11. The smallest absolute Gasteiger partial charge is 0.243 e. The number of carbonyl (C=O) groups is 2. The molecule has 0 atom stereocenters. The predicted molar refractivity (Wildman–Crippen MR) is 116 cm³/mol. The fourth-order valence-electron chi connectivity index (χ4n) is 2.28. The van der Waals surface area contributed by atoms with Crippen molar-refractivity contribution in [2.45, 2.75) is 12.8 Å². The second-order valence-electron chi connectivity index (χ2n) is 6.06. The van der Waals surface area contributed by atoms with Gasteiger partial charge in [-0.3, -0.25) is 9.59 Å². The van der Waals surface area contributed by atoms with E-state index in [1.807, 2.05) is 24.3 Å². The molecule has 0 aliphatic carbocycles. The Labute approximate surface area is 175 Å².